The molecule has 2 aromatic rings. The molecule has 1 saturated carbocycles. The Bertz CT molecular complexity index is 795. The Morgan fingerprint density at radius 2 is 2.26 bits per heavy atom. The quantitative estimate of drug-likeness (QED) is 0.873. The van der Waals surface area contributed by atoms with Gasteiger partial charge in [-0.25, -0.2) is 0 Å². The Morgan fingerprint density at radius 1 is 1.39 bits per heavy atom. The van der Waals surface area contributed by atoms with Crippen molar-refractivity contribution >= 4 is 28.4 Å². The van der Waals surface area contributed by atoms with Gasteiger partial charge in [-0.1, -0.05) is 29.8 Å². The molecule has 1 aromatic heterocycles. The van der Waals surface area contributed by atoms with Gasteiger partial charge < -0.3 is 5.32 Å². The maximum absolute atomic E-state index is 12.3. The van der Waals surface area contributed by atoms with Crippen LogP contribution in [-0.4, -0.2) is 15.7 Å². The number of nitrogens with one attached hydrogen (secondary N) is 1. The highest BCUT2D eigenvalue weighted by molar-refractivity contribution is 6.35. The van der Waals surface area contributed by atoms with E-state index in [0.717, 1.165) is 23.0 Å². The number of nitrogens with zero attached hydrogens (tertiary/aromatic N) is 2. The summed E-state index contributed by atoms with van der Waals surface area (Å²) in [6, 6.07) is 5.76. The molecule has 1 N–H and O–H groups in total. The summed E-state index contributed by atoms with van der Waals surface area (Å²) in [6.45, 7) is 0.427. The van der Waals surface area contributed by atoms with Crippen LogP contribution >= 0.6 is 11.6 Å². The maximum Gasteiger partial charge on any atom is 0.220 e. The van der Waals surface area contributed by atoms with E-state index in [1.165, 1.54) is 6.42 Å². The monoisotopic (exact) mass is 329 g/mol. The van der Waals surface area contributed by atoms with Gasteiger partial charge in [-0.05, 0) is 42.7 Å². The normalized spacial score (nSPS) is 25.4. The molecule has 2 aliphatic carbocycles. The molecule has 2 bridgehead atoms. The molecule has 120 valence electrons. The Labute approximate surface area is 140 Å². The van der Waals surface area contributed by atoms with Crippen LogP contribution in [0.3, 0.4) is 0 Å². The molecule has 0 spiro atoms. The molecule has 1 heterocycles. The van der Waals surface area contributed by atoms with E-state index in [-0.39, 0.29) is 5.91 Å². The first-order valence-corrected chi connectivity index (χ1v) is 8.54. The average Bonchev–Trinajstić information content (AvgIpc) is 3.21. The van der Waals surface area contributed by atoms with Crippen molar-refractivity contribution in [1.82, 2.24) is 15.1 Å². The Morgan fingerprint density at radius 3 is 3.00 bits per heavy atom. The van der Waals surface area contributed by atoms with Gasteiger partial charge in [0.2, 0.25) is 5.91 Å². The molecule has 1 fully saturated rings. The number of aryl methyl sites for hydroxylation is 1. The average molecular weight is 330 g/mol. The van der Waals surface area contributed by atoms with Gasteiger partial charge in [0.25, 0.3) is 0 Å². The fourth-order valence-electron chi connectivity index (χ4n) is 4.10. The molecule has 3 atom stereocenters. The van der Waals surface area contributed by atoms with Crippen molar-refractivity contribution in [3.05, 3.63) is 41.1 Å². The van der Waals surface area contributed by atoms with Crippen LogP contribution in [0.5, 0.6) is 0 Å². The van der Waals surface area contributed by atoms with Gasteiger partial charge >= 0.3 is 0 Å². The minimum Gasteiger partial charge on any atom is -0.350 e. The summed E-state index contributed by atoms with van der Waals surface area (Å²) >= 11 is 6.30. The smallest absolute Gasteiger partial charge is 0.220 e. The van der Waals surface area contributed by atoms with Gasteiger partial charge in [-0.15, -0.1) is 0 Å². The standard InChI is InChI=1S/C18H20ClN3O/c1-22-16-4-2-3-14(19)18(16)15(21-22)10-20-17(23)9-13-8-11-5-6-12(13)7-11/h2-6,11-13H,7-10H2,1H3,(H,20,23). The lowest BCUT2D eigenvalue weighted by molar-refractivity contribution is -0.122. The SMILES string of the molecule is Cn1nc(CNC(=O)CC2CC3C=CC2C3)c2c(Cl)cccc21. The minimum absolute atomic E-state index is 0.113. The number of fused-ring (bicyclic) bond motifs is 3. The van der Waals surface area contributed by atoms with E-state index >= 15 is 0 Å². The first-order chi connectivity index (χ1) is 11.1. The number of halogens is 1. The van der Waals surface area contributed by atoms with Crippen molar-refractivity contribution in [2.75, 3.05) is 0 Å². The van der Waals surface area contributed by atoms with Gasteiger partial charge in [-0.3, -0.25) is 9.48 Å². The summed E-state index contributed by atoms with van der Waals surface area (Å²) in [6.07, 6.45) is 7.61. The lowest BCUT2D eigenvalue weighted by Crippen LogP contribution is -2.26. The van der Waals surface area contributed by atoms with Crippen LogP contribution in [-0.2, 0) is 18.4 Å². The van der Waals surface area contributed by atoms with Gasteiger partial charge in [-0.2, -0.15) is 5.10 Å². The maximum atomic E-state index is 12.3. The number of rotatable bonds is 4. The zero-order chi connectivity index (χ0) is 16.0. The van der Waals surface area contributed by atoms with E-state index in [9.17, 15) is 4.79 Å². The molecule has 4 nitrogen and oxygen atoms in total. The van der Waals surface area contributed by atoms with Crippen LogP contribution in [0.1, 0.15) is 25.0 Å². The van der Waals surface area contributed by atoms with Crippen LogP contribution < -0.4 is 5.32 Å². The third-order valence-corrected chi connectivity index (χ3v) is 5.53. The summed E-state index contributed by atoms with van der Waals surface area (Å²) in [7, 11) is 1.89. The fourth-order valence-corrected chi connectivity index (χ4v) is 4.38. The van der Waals surface area contributed by atoms with Crippen LogP contribution in [0.25, 0.3) is 10.9 Å². The molecule has 1 aromatic carbocycles. The number of hydrogen-bond donors (Lipinski definition) is 1. The van der Waals surface area contributed by atoms with Gasteiger partial charge in [0, 0.05) is 18.9 Å². The molecule has 0 saturated heterocycles. The van der Waals surface area contributed by atoms with E-state index in [4.69, 9.17) is 11.6 Å². The van der Waals surface area contributed by atoms with Crippen LogP contribution in [0.15, 0.2) is 30.4 Å². The highest BCUT2D eigenvalue weighted by Crippen LogP contribution is 2.44. The number of amides is 1. The van der Waals surface area contributed by atoms with Crippen molar-refractivity contribution in [3.63, 3.8) is 0 Å². The molecule has 0 aliphatic heterocycles. The number of hydrogen-bond acceptors (Lipinski definition) is 2. The second-order valence-corrected chi connectivity index (χ2v) is 7.13. The van der Waals surface area contributed by atoms with Crippen molar-refractivity contribution < 1.29 is 4.79 Å². The summed E-state index contributed by atoms with van der Waals surface area (Å²) in [5.41, 5.74) is 1.81. The molecule has 0 radical (unpaired) electrons. The number of carbonyl (C=O) groups excluding carboxylic acids is 1. The predicted molar refractivity (Wildman–Crippen MR) is 91.0 cm³/mol. The Balaban J connectivity index is 1.43. The van der Waals surface area contributed by atoms with E-state index in [1.54, 1.807) is 0 Å². The molecule has 2 aliphatic rings. The lowest BCUT2D eigenvalue weighted by atomic mass is 9.90. The van der Waals surface area contributed by atoms with Gasteiger partial charge in [0.1, 0.15) is 0 Å². The van der Waals surface area contributed by atoms with Gasteiger partial charge in [0.15, 0.2) is 0 Å². The van der Waals surface area contributed by atoms with E-state index in [1.807, 2.05) is 29.9 Å². The van der Waals surface area contributed by atoms with Crippen molar-refractivity contribution in [2.24, 2.45) is 24.8 Å². The molecule has 23 heavy (non-hydrogen) atoms. The molecule has 5 heteroatoms. The molecule has 1 amide bonds. The zero-order valence-electron chi connectivity index (χ0n) is 13.1. The summed E-state index contributed by atoms with van der Waals surface area (Å²) in [4.78, 5) is 12.3. The largest absolute Gasteiger partial charge is 0.350 e. The zero-order valence-corrected chi connectivity index (χ0v) is 13.9. The van der Waals surface area contributed by atoms with E-state index in [2.05, 4.69) is 22.6 Å². The third-order valence-electron chi connectivity index (χ3n) is 5.22. The molecule has 4 rings (SSSR count). The van der Waals surface area contributed by atoms with Crippen molar-refractivity contribution in [2.45, 2.75) is 25.8 Å². The topological polar surface area (TPSA) is 46.9 Å². The second-order valence-electron chi connectivity index (χ2n) is 6.73. The highest BCUT2D eigenvalue weighted by Gasteiger charge is 2.36. The minimum atomic E-state index is 0.113. The number of allylic oxidation sites excluding steroid dienone is 2. The predicted octanol–water partition coefficient (Wildman–Crippen LogP) is 3.45. The summed E-state index contributed by atoms with van der Waals surface area (Å²) in [5.74, 6) is 1.93. The summed E-state index contributed by atoms with van der Waals surface area (Å²) in [5, 5.41) is 9.13. The molecular weight excluding hydrogens is 310 g/mol. The highest BCUT2D eigenvalue weighted by atomic mass is 35.5. The number of carbonyl (C=O) groups is 1. The lowest BCUT2D eigenvalue weighted by Gasteiger charge is -2.17. The van der Waals surface area contributed by atoms with Crippen LogP contribution in [0.4, 0.5) is 0 Å². The van der Waals surface area contributed by atoms with E-state index in [0.29, 0.717) is 35.7 Å². The number of benzene rings is 1. The summed E-state index contributed by atoms with van der Waals surface area (Å²) < 4.78 is 1.81. The van der Waals surface area contributed by atoms with Crippen LogP contribution in [0, 0.1) is 17.8 Å². The number of aromatic nitrogens is 2. The molecular formula is C18H20ClN3O. The second kappa shape index (κ2) is 5.68. The Kier molecular flexibility index (Phi) is 3.64. The first-order valence-electron chi connectivity index (χ1n) is 8.17. The fraction of sp³-hybridized carbons (Fsp3) is 0.444. The first kappa shape index (κ1) is 14.8. The van der Waals surface area contributed by atoms with Gasteiger partial charge in [0.05, 0.1) is 22.8 Å². The molecule has 3 unspecified atom stereocenters. The van der Waals surface area contributed by atoms with E-state index < -0.39 is 0 Å². The van der Waals surface area contributed by atoms with Crippen LogP contribution in [0.2, 0.25) is 5.02 Å². The Hall–Kier alpha value is -1.81. The third kappa shape index (κ3) is 2.65. The van der Waals surface area contributed by atoms with Crippen molar-refractivity contribution in [3.8, 4) is 0 Å². The van der Waals surface area contributed by atoms with Crippen molar-refractivity contribution in [1.29, 1.82) is 0 Å².